The Morgan fingerprint density at radius 3 is 1.59 bits per heavy atom. The van der Waals surface area contributed by atoms with E-state index in [1.54, 1.807) is 0 Å². The van der Waals surface area contributed by atoms with Crippen LogP contribution in [0.25, 0.3) is 14.6 Å². The number of carbonyl (C=O) groups is 2. The molecule has 7 rings (SSSR count). The number of hydrogen-bond donors (Lipinski definition) is 6. The summed E-state index contributed by atoms with van der Waals surface area (Å²) < 4.78 is 9.84. The number of nitrogens with two attached hydrogens (primary N) is 3. The molecule has 0 unspecified atom stereocenters. The van der Waals surface area contributed by atoms with Crippen molar-refractivity contribution in [2.45, 2.75) is 41.5 Å². The maximum absolute atomic E-state index is 10.1. The number of aryl methyl sites for hydroxylation is 6. The Morgan fingerprint density at radius 2 is 1.14 bits per heavy atom. The number of nitrogens with zero attached hydrogens (tertiary/aromatic N) is 4. The molecule has 0 saturated carbocycles. The average molecular weight is 1890 g/mol. The van der Waals surface area contributed by atoms with E-state index in [0.29, 0.717) is 16.8 Å². The van der Waals surface area contributed by atoms with E-state index in [2.05, 4.69) is 226 Å². The number of carboxylic acid groups (broad SMARTS) is 1. The van der Waals surface area contributed by atoms with Crippen molar-refractivity contribution in [3.8, 4) is 0 Å². The van der Waals surface area contributed by atoms with Crippen LogP contribution in [0.1, 0.15) is 33.4 Å². The van der Waals surface area contributed by atoms with Crippen LogP contribution in [0.4, 0.5) is 33.1 Å². The molecule has 1 radical (unpaired) electrons. The number of carbonyl (C=O) groups excluding carboxylic acids is 1. The van der Waals surface area contributed by atoms with E-state index in [1.807, 2.05) is 126 Å². The number of aliphatic imine (C=N–C) groups is 2. The van der Waals surface area contributed by atoms with Gasteiger partial charge in [0.1, 0.15) is 0 Å². The fraction of sp³-hybridized carbons (Fsp3) is 0.125. The second-order valence-electron chi connectivity index (χ2n) is 13.7. The molecule has 0 saturated heterocycles. The number of halogens is 8. The molecule has 0 spiro atoms. The number of fused-ring (bicyclic) bond motifs is 1. The number of nitrogens with one attached hydrogen (secondary N) is 1. The first-order valence-electron chi connectivity index (χ1n) is 19.6. The summed E-state index contributed by atoms with van der Waals surface area (Å²) in [4.78, 5) is 33.9. The van der Waals surface area contributed by atoms with Gasteiger partial charge in [0, 0.05) is 19.1 Å². The van der Waals surface area contributed by atoms with Crippen LogP contribution in [0.2, 0.25) is 0 Å². The summed E-state index contributed by atoms with van der Waals surface area (Å²) in [6.07, 6.45) is 0.666. The summed E-state index contributed by atoms with van der Waals surface area (Å²) in [6, 6.07) is 35.6. The van der Waals surface area contributed by atoms with Crippen molar-refractivity contribution in [2.75, 3.05) is 16.8 Å². The van der Waals surface area contributed by atoms with Crippen LogP contribution < -0.4 is 28.7 Å². The van der Waals surface area contributed by atoms with Gasteiger partial charge in [-0.05, 0) is 88.0 Å². The quantitative estimate of drug-likeness (QED) is 0.0187. The van der Waals surface area contributed by atoms with Gasteiger partial charge in [0.2, 0.25) is 12.1 Å². The standard InChI is InChI=1S/C8H8BrN2Se.C8H8BrNO.C8H6BrNSe.C8H6BrN.C8H8N2Se.C7H8BrN.CH2O2.3HI.H3N.H2O.V/c1-5-2-3-6(9)7(4-5)11-8(10)12;2*1-6-2-3-7(9)8(4-6)10-5-11;1-6-3-4-7(9)8(5-6)10-2;1-5-2-3-7-6(4-5)10-8(9)11-7;1-5-2-3-6(8)7(9)4-5;2-1-3;;;;;;/h2-4H,1H3,(H2,10,11);2-5H,1H3,(H,10,11);2-4H,1H3;3-5H,1H3;2-4H,1H3,(H2,9,10);2-4H,9H2,1H3;1H,(H,2,3);3*1H;1H3;1H2;/q;;;;;;;;;;;;+3/p-3. The molecular weight excluding hydrogens is 1830 g/mol. The van der Waals surface area contributed by atoms with Crippen LogP contribution in [0, 0.1) is 48.1 Å². The molecule has 0 atom stereocenters. The van der Waals surface area contributed by atoms with Crippen LogP contribution in [0.3, 0.4) is 0 Å². The van der Waals surface area contributed by atoms with Crippen molar-refractivity contribution in [3.63, 3.8) is 0 Å². The Kier molecular flexibility index (Phi) is 45.4. The first-order chi connectivity index (χ1) is 33.4. The monoisotopic (exact) mass is 1880 g/mol. The molecular formula is C48H51Br5I3N9O4Se3V. The minimum absolute atomic E-state index is 0. The van der Waals surface area contributed by atoms with Gasteiger partial charge in [0.05, 0.1) is 12.3 Å². The number of anilines is 3. The number of amidine groups is 1. The van der Waals surface area contributed by atoms with Crippen molar-refractivity contribution in [1.29, 1.82) is 0 Å². The summed E-state index contributed by atoms with van der Waals surface area (Å²) in [6.45, 7) is 18.6. The number of rotatable bonds is 4. The summed E-state index contributed by atoms with van der Waals surface area (Å²) in [7, 11) is 0. The third kappa shape index (κ3) is 35.7. The SMILES string of the molecule is Cc1ccc(Br)c(N)c1.Cc1ccc(Br)c(N=C(N)[Se])c1.Cc1ccc(Br)c(N=C=[Se])c1.Cc1ccc(Br)c(NC=O)c1.Cc1ccc2[se]c(N)nc2c1.N.O.O=CO.[C-]#[N+]c1cc(C)ccc1Br.[I][V]([I])[I]. The molecule has 391 valence electrons. The summed E-state index contributed by atoms with van der Waals surface area (Å²) in [5.41, 5.74) is 28.8. The van der Waals surface area contributed by atoms with E-state index < -0.39 is 0 Å². The molecule has 0 aliphatic rings. The van der Waals surface area contributed by atoms with Gasteiger partial charge in [0.15, 0.2) is 0 Å². The molecule has 0 aliphatic heterocycles. The Bertz CT molecular complexity index is 2930. The maximum atomic E-state index is 10.1. The molecule has 1 aromatic heterocycles. The van der Waals surface area contributed by atoms with Crippen LogP contribution in [0.15, 0.2) is 142 Å². The van der Waals surface area contributed by atoms with E-state index in [9.17, 15) is 4.79 Å². The van der Waals surface area contributed by atoms with Crippen molar-refractivity contribution in [2.24, 2.45) is 15.7 Å². The Hall–Kier alpha value is -1.28. The second-order valence-corrected chi connectivity index (χ2v) is 56.9. The van der Waals surface area contributed by atoms with E-state index in [0.717, 1.165) is 66.4 Å². The Morgan fingerprint density at radius 1 is 0.726 bits per heavy atom. The predicted molar refractivity (Wildman–Crippen MR) is 352 cm³/mol. The molecule has 13 N–H and O–H groups in total. The third-order valence-corrected chi connectivity index (χ3v) is 13.5. The summed E-state index contributed by atoms with van der Waals surface area (Å²) in [5, 5.41) is 9.48. The zero-order chi connectivity index (χ0) is 54.2. The average Bonchev–Trinajstić information content (AvgIpc) is 3.67. The number of hydrogen-bond acceptors (Lipinski definition) is 8. The number of benzene rings is 6. The Balaban J connectivity index is -0.000000782. The number of nitrogen functional groups attached to an aromatic ring is 2. The van der Waals surface area contributed by atoms with Crippen LogP contribution >= 0.6 is 140 Å². The summed E-state index contributed by atoms with van der Waals surface area (Å²) in [5.74, 6) is 0. The first-order valence-corrected chi connectivity index (χ1v) is 40.5. The van der Waals surface area contributed by atoms with Gasteiger partial charge in [-0.25, -0.2) is 4.85 Å². The molecule has 0 aliphatic carbocycles. The van der Waals surface area contributed by atoms with Gasteiger partial charge in [-0.2, -0.15) is 0 Å². The molecule has 0 bridgehead atoms. The van der Waals surface area contributed by atoms with Gasteiger partial charge < -0.3 is 27.8 Å². The molecule has 1 amide bonds. The minimum atomic E-state index is -0.278. The summed E-state index contributed by atoms with van der Waals surface area (Å²) >= 11 is 29.6. The first kappa shape index (κ1) is 76.0. The van der Waals surface area contributed by atoms with E-state index in [4.69, 9.17) is 33.7 Å². The van der Waals surface area contributed by atoms with Gasteiger partial charge >= 0.3 is 306 Å². The van der Waals surface area contributed by atoms with Crippen molar-refractivity contribution < 1.29 is 25.1 Å². The third-order valence-electron chi connectivity index (χ3n) is 7.87. The normalized spacial score (nSPS) is 9.32. The van der Waals surface area contributed by atoms with Gasteiger partial charge in [0.25, 0.3) is 6.47 Å². The van der Waals surface area contributed by atoms with Crippen molar-refractivity contribution in [1.82, 2.24) is 11.1 Å². The molecule has 1 heterocycles. The topological polar surface area (TPSA) is 253 Å². The predicted octanol–water partition coefficient (Wildman–Crippen LogP) is 15.2. The zero-order valence-corrected chi connectivity index (χ0v) is 60.7. The molecule has 0 fully saturated rings. The van der Waals surface area contributed by atoms with Gasteiger partial charge in [-0.1, -0.05) is 51.8 Å². The molecule has 13 nitrogen and oxygen atoms in total. The fourth-order valence-electron chi connectivity index (χ4n) is 4.82. The van der Waals surface area contributed by atoms with Crippen molar-refractivity contribution in [3.05, 3.63) is 176 Å². The van der Waals surface area contributed by atoms with Crippen molar-refractivity contribution >= 4 is 251 Å². The van der Waals surface area contributed by atoms with E-state index in [1.165, 1.54) is 26.5 Å². The molecule has 25 heteroatoms. The second kappa shape index (κ2) is 43.7. The van der Waals surface area contributed by atoms with E-state index in [-0.39, 0.29) is 37.5 Å². The number of aromatic nitrogens is 1. The van der Waals surface area contributed by atoms with Gasteiger partial charge in [-0.15, -0.1) is 0 Å². The molecule has 6 aromatic carbocycles. The molecule has 7 aromatic rings. The number of amides is 1. The van der Waals surface area contributed by atoms with Gasteiger partial charge in [-0.3, -0.25) is 9.59 Å². The van der Waals surface area contributed by atoms with Crippen LogP contribution in [-0.2, 0) is 14.5 Å². The zero-order valence-electron chi connectivity index (χ0n) is 39.7. The fourth-order valence-corrected chi connectivity index (χ4v) is 8.35. The molecule has 73 heavy (non-hydrogen) atoms. The van der Waals surface area contributed by atoms with Crippen LogP contribution in [0.5, 0.6) is 0 Å². The Labute approximate surface area is 529 Å². The van der Waals surface area contributed by atoms with E-state index >= 15 is 0 Å². The van der Waals surface area contributed by atoms with Crippen LogP contribution in [-0.4, -0.2) is 84.0 Å².